The van der Waals surface area contributed by atoms with E-state index in [0.717, 1.165) is 5.56 Å². The maximum atomic E-state index is 11.1. The summed E-state index contributed by atoms with van der Waals surface area (Å²) < 4.78 is 5.57. The molecular formula is C14H11ClO3. The molecule has 0 atom stereocenters. The van der Waals surface area contributed by atoms with Crippen LogP contribution in [0.15, 0.2) is 42.5 Å². The average Bonchev–Trinajstić information content (AvgIpc) is 2.28. The van der Waals surface area contributed by atoms with Crippen LogP contribution < -0.4 is 4.74 Å². The van der Waals surface area contributed by atoms with E-state index in [0.29, 0.717) is 10.8 Å². The molecule has 0 amide bonds. The standard InChI is InChI=1S/C14H11ClO3/c1-9-3-2-4-11(7-9)18-13-8-10(15)5-6-12(13)14(16)17/h2-8H,1H3,(H,16,17). The van der Waals surface area contributed by atoms with Crippen LogP contribution in [-0.4, -0.2) is 11.1 Å². The largest absolute Gasteiger partial charge is 0.478 e. The number of benzene rings is 2. The number of rotatable bonds is 3. The molecule has 0 aromatic heterocycles. The lowest BCUT2D eigenvalue weighted by Crippen LogP contribution is -1.99. The molecule has 0 aliphatic rings. The average molecular weight is 263 g/mol. The summed E-state index contributed by atoms with van der Waals surface area (Å²) in [6.45, 7) is 1.93. The highest BCUT2D eigenvalue weighted by Gasteiger charge is 2.12. The Morgan fingerprint density at radius 2 is 2.00 bits per heavy atom. The van der Waals surface area contributed by atoms with Gasteiger partial charge in [0.2, 0.25) is 0 Å². The Kier molecular flexibility index (Phi) is 3.53. The van der Waals surface area contributed by atoms with Crippen molar-refractivity contribution in [3.8, 4) is 11.5 Å². The molecular weight excluding hydrogens is 252 g/mol. The van der Waals surface area contributed by atoms with Crippen molar-refractivity contribution in [3.05, 3.63) is 58.6 Å². The first-order valence-corrected chi connectivity index (χ1v) is 5.71. The number of carbonyl (C=O) groups is 1. The van der Waals surface area contributed by atoms with Crippen LogP contribution in [0.4, 0.5) is 0 Å². The van der Waals surface area contributed by atoms with Crippen LogP contribution >= 0.6 is 11.6 Å². The molecule has 0 saturated heterocycles. The summed E-state index contributed by atoms with van der Waals surface area (Å²) in [5.41, 5.74) is 1.12. The fraction of sp³-hybridized carbons (Fsp3) is 0.0714. The summed E-state index contributed by atoms with van der Waals surface area (Å²) in [5, 5.41) is 9.50. The molecule has 0 bridgehead atoms. The molecule has 4 heteroatoms. The molecule has 2 aromatic rings. The topological polar surface area (TPSA) is 46.5 Å². The number of hydrogen-bond acceptors (Lipinski definition) is 2. The van der Waals surface area contributed by atoms with Gasteiger partial charge in [-0.3, -0.25) is 0 Å². The van der Waals surface area contributed by atoms with E-state index in [-0.39, 0.29) is 11.3 Å². The van der Waals surface area contributed by atoms with Crippen LogP contribution in [0.1, 0.15) is 15.9 Å². The highest BCUT2D eigenvalue weighted by Crippen LogP contribution is 2.28. The number of hydrogen-bond donors (Lipinski definition) is 1. The maximum Gasteiger partial charge on any atom is 0.339 e. The van der Waals surface area contributed by atoms with Gasteiger partial charge in [0.1, 0.15) is 17.1 Å². The second-order valence-corrected chi connectivity index (χ2v) is 4.30. The van der Waals surface area contributed by atoms with Crippen LogP contribution in [-0.2, 0) is 0 Å². The number of aryl methyl sites for hydroxylation is 1. The summed E-state index contributed by atoms with van der Waals surface area (Å²) in [6.07, 6.45) is 0. The van der Waals surface area contributed by atoms with Gasteiger partial charge in [0, 0.05) is 11.1 Å². The fourth-order valence-corrected chi connectivity index (χ4v) is 1.73. The van der Waals surface area contributed by atoms with Crippen LogP contribution in [0, 0.1) is 6.92 Å². The Morgan fingerprint density at radius 3 is 2.67 bits per heavy atom. The van der Waals surface area contributed by atoms with Crippen LogP contribution in [0.25, 0.3) is 0 Å². The summed E-state index contributed by atoms with van der Waals surface area (Å²) in [6, 6.07) is 11.8. The predicted molar refractivity (Wildman–Crippen MR) is 69.7 cm³/mol. The van der Waals surface area contributed by atoms with E-state index in [2.05, 4.69) is 0 Å². The van der Waals surface area contributed by atoms with Crippen LogP contribution in [0.2, 0.25) is 5.02 Å². The summed E-state index contributed by atoms with van der Waals surface area (Å²) in [4.78, 5) is 11.1. The zero-order valence-electron chi connectivity index (χ0n) is 9.68. The van der Waals surface area contributed by atoms with Gasteiger partial charge in [0.25, 0.3) is 0 Å². The summed E-state index contributed by atoms with van der Waals surface area (Å²) in [5.74, 6) is -0.227. The fourth-order valence-electron chi connectivity index (χ4n) is 1.56. The first-order chi connectivity index (χ1) is 8.56. The third-order valence-corrected chi connectivity index (χ3v) is 2.63. The molecule has 0 spiro atoms. The molecule has 1 N–H and O–H groups in total. The van der Waals surface area contributed by atoms with Gasteiger partial charge in [-0.15, -0.1) is 0 Å². The van der Waals surface area contributed by atoms with Crippen molar-refractivity contribution >= 4 is 17.6 Å². The molecule has 0 aliphatic carbocycles. The third-order valence-electron chi connectivity index (χ3n) is 2.39. The van der Waals surface area contributed by atoms with E-state index in [9.17, 15) is 4.79 Å². The Labute approximate surface area is 110 Å². The van der Waals surface area contributed by atoms with Gasteiger partial charge in [-0.2, -0.15) is 0 Å². The highest BCUT2D eigenvalue weighted by molar-refractivity contribution is 6.30. The van der Waals surface area contributed by atoms with E-state index in [1.165, 1.54) is 18.2 Å². The van der Waals surface area contributed by atoms with Crippen molar-refractivity contribution in [2.75, 3.05) is 0 Å². The van der Waals surface area contributed by atoms with Crippen molar-refractivity contribution in [1.82, 2.24) is 0 Å². The number of halogens is 1. The van der Waals surface area contributed by atoms with Gasteiger partial charge in [-0.25, -0.2) is 4.79 Å². The summed E-state index contributed by atoms with van der Waals surface area (Å²) in [7, 11) is 0. The molecule has 0 fully saturated rings. The first-order valence-electron chi connectivity index (χ1n) is 5.33. The minimum Gasteiger partial charge on any atom is -0.478 e. The molecule has 0 aliphatic heterocycles. The molecule has 0 heterocycles. The zero-order chi connectivity index (χ0) is 13.1. The lowest BCUT2D eigenvalue weighted by Gasteiger charge is -2.09. The van der Waals surface area contributed by atoms with Crippen molar-refractivity contribution in [2.24, 2.45) is 0 Å². The Balaban J connectivity index is 2.39. The normalized spacial score (nSPS) is 10.1. The van der Waals surface area contributed by atoms with Crippen molar-refractivity contribution in [1.29, 1.82) is 0 Å². The SMILES string of the molecule is Cc1cccc(Oc2cc(Cl)ccc2C(=O)O)c1. The van der Waals surface area contributed by atoms with Gasteiger partial charge in [-0.1, -0.05) is 23.7 Å². The van der Waals surface area contributed by atoms with Gasteiger partial charge in [0.05, 0.1) is 0 Å². The molecule has 0 radical (unpaired) electrons. The Morgan fingerprint density at radius 1 is 1.22 bits per heavy atom. The van der Waals surface area contributed by atoms with Gasteiger partial charge in [-0.05, 0) is 36.8 Å². The van der Waals surface area contributed by atoms with Gasteiger partial charge < -0.3 is 9.84 Å². The quantitative estimate of drug-likeness (QED) is 0.904. The van der Waals surface area contributed by atoms with E-state index >= 15 is 0 Å². The third kappa shape index (κ3) is 2.81. The summed E-state index contributed by atoms with van der Waals surface area (Å²) >= 11 is 5.85. The monoisotopic (exact) mass is 262 g/mol. The number of carboxylic acid groups (broad SMARTS) is 1. The highest BCUT2D eigenvalue weighted by atomic mass is 35.5. The first kappa shape index (κ1) is 12.5. The van der Waals surface area contributed by atoms with E-state index < -0.39 is 5.97 Å². The molecule has 0 unspecified atom stereocenters. The molecule has 18 heavy (non-hydrogen) atoms. The van der Waals surface area contributed by atoms with Crippen molar-refractivity contribution < 1.29 is 14.6 Å². The molecule has 2 rings (SSSR count). The molecule has 3 nitrogen and oxygen atoms in total. The Hall–Kier alpha value is -2.00. The molecule has 2 aromatic carbocycles. The second kappa shape index (κ2) is 5.10. The maximum absolute atomic E-state index is 11.1. The smallest absolute Gasteiger partial charge is 0.339 e. The zero-order valence-corrected chi connectivity index (χ0v) is 10.4. The van der Waals surface area contributed by atoms with Crippen molar-refractivity contribution in [3.63, 3.8) is 0 Å². The van der Waals surface area contributed by atoms with Crippen LogP contribution in [0.5, 0.6) is 11.5 Å². The van der Waals surface area contributed by atoms with E-state index in [1.807, 2.05) is 25.1 Å². The minimum atomic E-state index is -1.05. The minimum absolute atomic E-state index is 0.0842. The van der Waals surface area contributed by atoms with Crippen LogP contribution in [0.3, 0.4) is 0 Å². The molecule has 92 valence electrons. The number of carboxylic acids is 1. The van der Waals surface area contributed by atoms with Gasteiger partial charge >= 0.3 is 5.97 Å². The number of aromatic carboxylic acids is 1. The van der Waals surface area contributed by atoms with E-state index in [4.69, 9.17) is 21.4 Å². The lowest BCUT2D eigenvalue weighted by molar-refractivity contribution is 0.0694. The Bertz CT molecular complexity index is 593. The number of ether oxygens (including phenoxy) is 1. The van der Waals surface area contributed by atoms with Gasteiger partial charge in [0.15, 0.2) is 0 Å². The van der Waals surface area contributed by atoms with E-state index in [1.54, 1.807) is 6.07 Å². The second-order valence-electron chi connectivity index (χ2n) is 3.86. The van der Waals surface area contributed by atoms with Crippen molar-refractivity contribution in [2.45, 2.75) is 6.92 Å². The predicted octanol–water partition coefficient (Wildman–Crippen LogP) is 4.14. The molecule has 0 saturated carbocycles. The lowest BCUT2D eigenvalue weighted by atomic mass is 10.2.